The van der Waals surface area contributed by atoms with Crippen molar-refractivity contribution >= 4 is 11.8 Å². The van der Waals surface area contributed by atoms with Crippen molar-refractivity contribution < 1.29 is 18.7 Å². The maximum absolute atomic E-state index is 13.3. The van der Waals surface area contributed by atoms with Crippen molar-refractivity contribution in [2.75, 3.05) is 6.54 Å². The Balaban J connectivity index is 4.51. The van der Waals surface area contributed by atoms with Crippen LogP contribution in [0.2, 0.25) is 0 Å². The van der Waals surface area contributed by atoms with E-state index in [1.54, 1.807) is 6.92 Å². The molecule has 0 aromatic heterocycles. The largest absolute Gasteiger partial charge is 0.480 e. The van der Waals surface area contributed by atoms with Crippen molar-refractivity contribution in [1.29, 1.82) is 0 Å². The molecule has 0 rings (SSSR count). The van der Waals surface area contributed by atoms with Gasteiger partial charge in [0.1, 0.15) is 5.83 Å². The lowest BCUT2D eigenvalue weighted by Crippen LogP contribution is -2.45. The summed E-state index contributed by atoms with van der Waals surface area (Å²) in [5, 5.41) is 8.60. The Morgan fingerprint density at radius 1 is 1.47 bits per heavy atom. The number of nitrogens with two attached hydrogens (primary N) is 2. The van der Waals surface area contributed by atoms with Gasteiger partial charge < -0.3 is 16.6 Å². The predicted molar refractivity (Wildman–Crippen MR) is 60.9 cm³/mol. The Kier molecular flexibility index (Phi) is 5.73. The van der Waals surface area contributed by atoms with E-state index >= 15 is 0 Å². The summed E-state index contributed by atoms with van der Waals surface area (Å²) < 4.78 is 26.6. The van der Waals surface area contributed by atoms with Crippen molar-refractivity contribution in [3.05, 3.63) is 11.7 Å². The van der Waals surface area contributed by atoms with E-state index in [9.17, 15) is 13.6 Å². The number of nitrogens with zero attached hydrogens (tertiary/aromatic N) is 1. The number of allylic oxidation sites excluding steroid dienone is 1. The highest BCUT2D eigenvalue weighted by atomic mass is 19.2. The molecule has 1 atom stereocenters. The summed E-state index contributed by atoms with van der Waals surface area (Å²) in [5.74, 6) is -3.90. The lowest BCUT2D eigenvalue weighted by Gasteiger charge is -2.17. The second-order valence-electron chi connectivity index (χ2n) is 3.85. The fraction of sp³-hybridized carbons (Fsp3) is 0.600. The summed E-state index contributed by atoms with van der Waals surface area (Å²) in [6.45, 7) is 2.72. The Bertz CT molecular complexity index is 347. The summed E-state index contributed by atoms with van der Waals surface area (Å²) in [5.41, 5.74) is 8.05. The molecule has 1 unspecified atom stereocenters. The molecule has 17 heavy (non-hydrogen) atoms. The lowest BCUT2D eigenvalue weighted by molar-refractivity contribution is -0.141. The van der Waals surface area contributed by atoms with Crippen LogP contribution in [0.15, 0.2) is 16.6 Å². The van der Waals surface area contributed by atoms with E-state index in [2.05, 4.69) is 4.99 Å². The van der Waals surface area contributed by atoms with Crippen LogP contribution >= 0.6 is 0 Å². The van der Waals surface area contributed by atoms with Crippen LogP contribution in [0.5, 0.6) is 0 Å². The normalized spacial score (nSPS) is 17.4. The van der Waals surface area contributed by atoms with E-state index < -0.39 is 23.2 Å². The molecule has 0 aliphatic carbocycles. The van der Waals surface area contributed by atoms with E-state index in [0.29, 0.717) is 5.84 Å². The van der Waals surface area contributed by atoms with Gasteiger partial charge in [0.15, 0.2) is 11.4 Å². The number of carbonyl (C=O) groups is 1. The van der Waals surface area contributed by atoms with Crippen LogP contribution in [-0.4, -0.2) is 29.0 Å². The van der Waals surface area contributed by atoms with Gasteiger partial charge in [-0.25, -0.2) is 13.6 Å². The number of hydrogen-bond acceptors (Lipinski definition) is 3. The van der Waals surface area contributed by atoms with E-state index in [0.717, 1.165) is 6.92 Å². The first-order chi connectivity index (χ1) is 7.69. The Hall–Kier alpha value is -1.50. The molecule has 0 spiro atoms. The van der Waals surface area contributed by atoms with Crippen LogP contribution < -0.4 is 11.5 Å². The zero-order valence-corrected chi connectivity index (χ0v) is 9.83. The number of amidine groups is 1. The summed E-state index contributed by atoms with van der Waals surface area (Å²) >= 11 is 0. The van der Waals surface area contributed by atoms with Gasteiger partial charge >= 0.3 is 5.97 Å². The summed E-state index contributed by atoms with van der Waals surface area (Å²) in [6.07, 6.45) is -0.0355. The summed E-state index contributed by atoms with van der Waals surface area (Å²) in [4.78, 5) is 14.4. The SMILES string of the molecule is CC(N)=NCCC/C(F)=C(/F)C(C)(N)C(=O)O. The Labute approximate surface area is 98.2 Å². The molecule has 0 aliphatic rings. The molecule has 0 radical (unpaired) electrons. The minimum absolute atomic E-state index is 0.226. The third-order valence-electron chi connectivity index (χ3n) is 2.05. The molecule has 0 aromatic carbocycles. The van der Waals surface area contributed by atoms with Gasteiger partial charge in [0, 0.05) is 13.0 Å². The predicted octanol–water partition coefficient (Wildman–Crippen LogP) is 1.10. The molecule has 0 aliphatic heterocycles. The van der Waals surface area contributed by atoms with Crippen molar-refractivity contribution in [2.45, 2.75) is 32.2 Å². The van der Waals surface area contributed by atoms with E-state index in [4.69, 9.17) is 16.6 Å². The van der Waals surface area contributed by atoms with Gasteiger partial charge in [0.25, 0.3) is 0 Å². The van der Waals surface area contributed by atoms with Crippen LogP contribution in [0.25, 0.3) is 0 Å². The van der Waals surface area contributed by atoms with Gasteiger partial charge in [-0.1, -0.05) is 0 Å². The Morgan fingerprint density at radius 2 is 2.00 bits per heavy atom. The molecule has 5 N–H and O–H groups in total. The number of carboxylic acid groups (broad SMARTS) is 1. The molecule has 0 saturated carbocycles. The zero-order chi connectivity index (χ0) is 13.6. The van der Waals surface area contributed by atoms with Crippen LogP contribution in [0.3, 0.4) is 0 Å². The zero-order valence-electron chi connectivity index (χ0n) is 9.83. The number of hydrogen-bond donors (Lipinski definition) is 3. The highest BCUT2D eigenvalue weighted by Crippen LogP contribution is 2.23. The van der Waals surface area contributed by atoms with Crippen molar-refractivity contribution in [3.63, 3.8) is 0 Å². The third kappa shape index (κ3) is 4.90. The maximum Gasteiger partial charge on any atom is 0.330 e. The molecule has 0 aromatic rings. The highest BCUT2D eigenvalue weighted by molar-refractivity contribution is 5.81. The molecular weight excluding hydrogens is 232 g/mol. The molecule has 98 valence electrons. The standard InChI is InChI=1S/C10H17F2N3O2/c1-6(13)15-5-3-4-7(11)8(12)10(2,14)9(16)17/h3-5,14H2,1-2H3,(H2,13,15)(H,16,17)/b8-7-. The summed E-state index contributed by atoms with van der Waals surface area (Å²) in [7, 11) is 0. The molecular formula is C10H17F2N3O2. The number of aliphatic carboxylic acids is 1. The average Bonchev–Trinajstić information content (AvgIpc) is 2.22. The number of halogens is 2. The van der Waals surface area contributed by atoms with Gasteiger partial charge in [0.2, 0.25) is 0 Å². The fourth-order valence-electron chi connectivity index (χ4n) is 0.975. The Morgan fingerprint density at radius 3 is 2.41 bits per heavy atom. The third-order valence-corrected chi connectivity index (χ3v) is 2.05. The van der Waals surface area contributed by atoms with Crippen LogP contribution in [0.1, 0.15) is 26.7 Å². The second kappa shape index (κ2) is 6.29. The van der Waals surface area contributed by atoms with Gasteiger partial charge in [0.05, 0.1) is 5.84 Å². The number of rotatable bonds is 6. The minimum atomic E-state index is -2.34. The molecule has 0 fully saturated rings. The second-order valence-corrected chi connectivity index (χ2v) is 3.85. The molecule has 0 amide bonds. The molecule has 0 bridgehead atoms. The summed E-state index contributed by atoms with van der Waals surface area (Å²) in [6, 6.07) is 0. The van der Waals surface area contributed by atoms with Crippen LogP contribution in [0.4, 0.5) is 8.78 Å². The van der Waals surface area contributed by atoms with Crippen molar-refractivity contribution in [3.8, 4) is 0 Å². The quantitative estimate of drug-likeness (QED) is 0.372. The fourth-order valence-corrected chi connectivity index (χ4v) is 0.975. The topological polar surface area (TPSA) is 102 Å². The van der Waals surface area contributed by atoms with E-state index in [-0.39, 0.29) is 19.4 Å². The van der Waals surface area contributed by atoms with E-state index in [1.165, 1.54) is 0 Å². The molecule has 7 heteroatoms. The van der Waals surface area contributed by atoms with Gasteiger partial charge in [-0.2, -0.15) is 0 Å². The van der Waals surface area contributed by atoms with Crippen LogP contribution in [-0.2, 0) is 4.79 Å². The smallest absolute Gasteiger partial charge is 0.330 e. The van der Waals surface area contributed by atoms with E-state index in [1.807, 2.05) is 0 Å². The maximum atomic E-state index is 13.3. The van der Waals surface area contributed by atoms with Gasteiger partial charge in [-0.3, -0.25) is 4.99 Å². The molecule has 5 nitrogen and oxygen atoms in total. The average molecular weight is 249 g/mol. The van der Waals surface area contributed by atoms with Gasteiger partial charge in [-0.05, 0) is 20.3 Å². The first-order valence-electron chi connectivity index (χ1n) is 5.03. The van der Waals surface area contributed by atoms with Crippen molar-refractivity contribution in [2.24, 2.45) is 16.5 Å². The minimum Gasteiger partial charge on any atom is -0.480 e. The molecule has 0 heterocycles. The van der Waals surface area contributed by atoms with Gasteiger partial charge in [-0.15, -0.1) is 0 Å². The number of carboxylic acids is 1. The first-order valence-corrected chi connectivity index (χ1v) is 5.03. The van der Waals surface area contributed by atoms with Crippen LogP contribution in [0, 0.1) is 0 Å². The molecule has 0 saturated heterocycles. The van der Waals surface area contributed by atoms with Crippen molar-refractivity contribution in [1.82, 2.24) is 0 Å². The highest BCUT2D eigenvalue weighted by Gasteiger charge is 2.36. The monoisotopic (exact) mass is 249 g/mol. The number of aliphatic imine (C=N–C) groups is 1. The first kappa shape index (κ1) is 15.5. The lowest BCUT2D eigenvalue weighted by atomic mass is 10.0.